The van der Waals surface area contributed by atoms with Crippen molar-refractivity contribution in [1.82, 2.24) is 19.7 Å². The summed E-state index contributed by atoms with van der Waals surface area (Å²) < 4.78 is 34.4. The van der Waals surface area contributed by atoms with Crippen LogP contribution in [0.2, 0.25) is 0 Å². The number of nitrogens with one attached hydrogen (secondary N) is 4. The van der Waals surface area contributed by atoms with Crippen LogP contribution in [0.15, 0.2) is 65.6 Å². The molecule has 1 saturated carbocycles. The standard InChI is InChI=1S/C35H48N8O3S/c1-43(2)31-17-11-16-30-29(31)15-12-18-32(30)47(44,45)38-24-10-5-4-9-23-36-33-40-34(37-25-26-19-21-28(46-3)22-20-26)42-35(41-33)39-27-13-7-6-8-14-27/h11-12,15-22,27,38H,4-10,13-14,23-25H2,1-3H3,(H3,36,37,39,40,41,42). The summed E-state index contributed by atoms with van der Waals surface area (Å²) in [7, 11) is 1.95. The van der Waals surface area contributed by atoms with Gasteiger partial charge in [-0.25, -0.2) is 13.1 Å². The summed E-state index contributed by atoms with van der Waals surface area (Å²) in [6, 6.07) is 19.5. The van der Waals surface area contributed by atoms with Gasteiger partial charge in [-0.3, -0.25) is 0 Å². The maximum absolute atomic E-state index is 13.2. The Bertz CT molecular complexity index is 1690. The molecule has 0 atom stereocenters. The zero-order valence-corrected chi connectivity index (χ0v) is 28.6. The Balaban J connectivity index is 1.09. The molecule has 1 fully saturated rings. The number of hydrogen-bond donors (Lipinski definition) is 4. The molecule has 1 aliphatic carbocycles. The summed E-state index contributed by atoms with van der Waals surface area (Å²) in [5.41, 5.74) is 2.09. The molecule has 5 rings (SSSR count). The average molecular weight is 661 g/mol. The quantitative estimate of drug-likeness (QED) is 0.0942. The Kier molecular flexibility index (Phi) is 12.1. The molecule has 0 bridgehead atoms. The van der Waals surface area contributed by atoms with Crippen molar-refractivity contribution >= 4 is 44.3 Å². The number of sulfonamides is 1. The third-order valence-electron chi connectivity index (χ3n) is 8.49. The topological polar surface area (TPSA) is 133 Å². The molecule has 1 heterocycles. The number of methoxy groups -OCH3 is 1. The molecule has 0 amide bonds. The van der Waals surface area contributed by atoms with Gasteiger partial charge >= 0.3 is 0 Å². The molecule has 0 radical (unpaired) electrons. The third kappa shape index (κ3) is 9.68. The number of rotatable bonds is 17. The van der Waals surface area contributed by atoms with Gasteiger partial charge in [-0.1, -0.05) is 68.5 Å². The minimum atomic E-state index is -3.63. The highest BCUT2D eigenvalue weighted by molar-refractivity contribution is 7.89. The predicted octanol–water partition coefficient (Wildman–Crippen LogP) is 6.41. The third-order valence-corrected chi connectivity index (χ3v) is 10.0. The van der Waals surface area contributed by atoms with Crippen LogP contribution < -0.4 is 30.3 Å². The minimum Gasteiger partial charge on any atom is -0.497 e. The Labute approximate surface area is 279 Å². The van der Waals surface area contributed by atoms with Crippen molar-refractivity contribution in [3.8, 4) is 5.75 Å². The Hall–Kier alpha value is -4.16. The first-order valence-electron chi connectivity index (χ1n) is 16.6. The molecule has 47 heavy (non-hydrogen) atoms. The first kappa shape index (κ1) is 34.2. The van der Waals surface area contributed by atoms with Crippen LogP contribution in [0.1, 0.15) is 63.4 Å². The van der Waals surface area contributed by atoms with E-state index in [2.05, 4.69) is 35.6 Å². The highest BCUT2D eigenvalue weighted by Crippen LogP contribution is 2.30. The number of nitrogens with zero attached hydrogens (tertiary/aromatic N) is 4. The van der Waals surface area contributed by atoms with Gasteiger partial charge in [-0.15, -0.1) is 0 Å². The summed E-state index contributed by atoms with van der Waals surface area (Å²) in [4.78, 5) is 16.3. The number of aromatic nitrogens is 3. The Morgan fingerprint density at radius 2 is 1.43 bits per heavy atom. The fourth-order valence-corrected chi connectivity index (χ4v) is 7.22. The van der Waals surface area contributed by atoms with Crippen molar-refractivity contribution in [3.05, 3.63) is 66.2 Å². The summed E-state index contributed by atoms with van der Waals surface area (Å²) >= 11 is 0. The maximum atomic E-state index is 13.2. The molecule has 1 aromatic heterocycles. The highest BCUT2D eigenvalue weighted by Gasteiger charge is 2.18. The second kappa shape index (κ2) is 16.6. The largest absolute Gasteiger partial charge is 0.497 e. The van der Waals surface area contributed by atoms with E-state index in [1.807, 2.05) is 67.5 Å². The van der Waals surface area contributed by atoms with Gasteiger partial charge in [-0.05, 0) is 55.5 Å². The van der Waals surface area contributed by atoms with Crippen molar-refractivity contribution in [3.63, 3.8) is 0 Å². The molecule has 11 nitrogen and oxygen atoms in total. The molecule has 4 aromatic rings. The number of hydrogen-bond acceptors (Lipinski definition) is 10. The first-order valence-corrected chi connectivity index (χ1v) is 18.1. The van der Waals surface area contributed by atoms with Crippen LogP contribution >= 0.6 is 0 Å². The Morgan fingerprint density at radius 3 is 2.15 bits per heavy atom. The summed E-state index contributed by atoms with van der Waals surface area (Å²) in [6.45, 7) is 1.69. The molecule has 4 N–H and O–H groups in total. The predicted molar refractivity (Wildman–Crippen MR) is 191 cm³/mol. The van der Waals surface area contributed by atoms with Crippen LogP contribution in [0, 0.1) is 0 Å². The maximum Gasteiger partial charge on any atom is 0.241 e. The zero-order chi connectivity index (χ0) is 33.1. The average Bonchev–Trinajstić information content (AvgIpc) is 3.08. The van der Waals surface area contributed by atoms with Gasteiger partial charge in [0.2, 0.25) is 27.9 Å². The van der Waals surface area contributed by atoms with Gasteiger partial charge in [0.05, 0.1) is 12.0 Å². The lowest BCUT2D eigenvalue weighted by Gasteiger charge is -2.23. The normalized spacial score (nSPS) is 13.8. The van der Waals surface area contributed by atoms with Gasteiger partial charge in [-0.2, -0.15) is 15.0 Å². The van der Waals surface area contributed by atoms with E-state index in [1.165, 1.54) is 19.3 Å². The van der Waals surface area contributed by atoms with Crippen molar-refractivity contribution in [2.45, 2.75) is 75.3 Å². The Morgan fingerprint density at radius 1 is 0.766 bits per heavy atom. The van der Waals surface area contributed by atoms with Gasteiger partial charge < -0.3 is 25.6 Å². The van der Waals surface area contributed by atoms with Crippen LogP contribution in [0.25, 0.3) is 10.8 Å². The molecular weight excluding hydrogens is 613 g/mol. The smallest absolute Gasteiger partial charge is 0.241 e. The van der Waals surface area contributed by atoms with E-state index in [-0.39, 0.29) is 0 Å². The van der Waals surface area contributed by atoms with Crippen molar-refractivity contribution in [2.24, 2.45) is 0 Å². The van der Waals surface area contributed by atoms with E-state index in [1.54, 1.807) is 19.2 Å². The molecule has 0 aliphatic heterocycles. The van der Waals surface area contributed by atoms with Gasteiger partial charge in [0.15, 0.2) is 0 Å². The van der Waals surface area contributed by atoms with Crippen LogP contribution in [0.5, 0.6) is 5.75 Å². The fraction of sp³-hybridized carbons (Fsp3) is 0.457. The van der Waals surface area contributed by atoms with Gasteiger partial charge in [0.1, 0.15) is 5.75 Å². The summed E-state index contributed by atoms with van der Waals surface area (Å²) in [6.07, 6.45) is 9.50. The molecule has 252 valence electrons. The van der Waals surface area contributed by atoms with E-state index in [4.69, 9.17) is 4.74 Å². The summed E-state index contributed by atoms with van der Waals surface area (Å²) in [5, 5.41) is 11.9. The van der Waals surface area contributed by atoms with Crippen molar-refractivity contribution in [2.75, 3.05) is 55.1 Å². The molecule has 0 spiro atoms. The fourth-order valence-electron chi connectivity index (χ4n) is 5.93. The second-order valence-corrected chi connectivity index (χ2v) is 14.0. The highest BCUT2D eigenvalue weighted by atomic mass is 32.2. The number of unbranched alkanes of at least 4 members (excludes halogenated alkanes) is 3. The molecule has 0 saturated heterocycles. The number of fused-ring (bicyclic) bond motifs is 1. The van der Waals surface area contributed by atoms with Gasteiger partial charge in [0.25, 0.3) is 0 Å². The number of benzene rings is 3. The van der Waals surface area contributed by atoms with E-state index in [9.17, 15) is 8.42 Å². The van der Waals surface area contributed by atoms with E-state index in [0.717, 1.165) is 66.3 Å². The van der Waals surface area contributed by atoms with Crippen LogP contribution in [0.4, 0.5) is 23.5 Å². The number of anilines is 4. The first-order chi connectivity index (χ1) is 22.8. The van der Waals surface area contributed by atoms with Crippen LogP contribution in [-0.4, -0.2) is 63.7 Å². The monoisotopic (exact) mass is 660 g/mol. The van der Waals surface area contributed by atoms with E-state index in [0.29, 0.717) is 48.4 Å². The van der Waals surface area contributed by atoms with Crippen LogP contribution in [-0.2, 0) is 16.6 Å². The van der Waals surface area contributed by atoms with Crippen molar-refractivity contribution < 1.29 is 13.2 Å². The van der Waals surface area contributed by atoms with Crippen molar-refractivity contribution in [1.29, 1.82) is 0 Å². The number of ether oxygens (including phenoxy) is 1. The minimum absolute atomic E-state index is 0.315. The zero-order valence-electron chi connectivity index (χ0n) is 27.8. The second-order valence-electron chi connectivity index (χ2n) is 12.2. The van der Waals surface area contributed by atoms with Crippen LogP contribution in [0.3, 0.4) is 0 Å². The van der Waals surface area contributed by atoms with E-state index >= 15 is 0 Å². The van der Waals surface area contributed by atoms with Gasteiger partial charge in [0, 0.05) is 56.2 Å². The molecule has 0 unspecified atom stereocenters. The lowest BCUT2D eigenvalue weighted by Crippen LogP contribution is -2.25. The molecule has 12 heteroatoms. The lowest BCUT2D eigenvalue weighted by atomic mass is 9.96. The lowest BCUT2D eigenvalue weighted by molar-refractivity contribution is 0.414. The summed E-state index contributed by atoms with van der Waals surface area (Å²) in [5.74, 6) is 2.47. The molecule has 3 aromatic carbocycles. The SMILES string of the molecule is COc1ccc(CNc2nc(NCCCCCCNS(=O)(=O)c3cccc4c(N(C)C)cccc34)nc(NC3CCCCC3)n2)cc1. The molecule has 1 aliphatic rings. The molecular formula is C35H48N8O3S. The van der Waals surface area contributed by atoms with E-state index < -0.39 is 10.0 Å².